The number of esters is 1. The average Bonchev–Trinajstić information content (AvgIpc) is 3.31. The van der Waals surface area contributed by atoms with E-state index in [1.807, 2.05) is 77.1 Å². The highest BCUT2D eigenvalue weighted by Gasteiger charge is 2.76. The predicted octanol–water partition coefficient (Wildman–Crippen LogP) is 4.26. The molecule has 0 radical (unpaired) electrons. The van der Waals surface area contributed by atoms with E-state index in [-0.39, 0.29) is 30.9 Å². The summed E-state index contributed by atoms with van der Waals surface area (Å²) >= 11 is 0. The first-order valence-corrected chi connectivity index (χ1v) is 15.2. The molecule has 8 nitrogen and oxygen atoms in total. The zero-order chi connectivity index (χ0) is 29.5. The van der Waals surface area contributed by atoms with Crippen LogP contribution in [0.15, 0.2) is 42.5 Å². The molecule has 41 heavy (non-hydrogen) atoms. The van der Waals surface area contributed by atoms with Crippen LogP contribution in [0.4, 0.5) is 5.69 Å². The highest BCUT2D eigenvalue weighted by atomic mass is 16.6. The minimum Gasteiger partial charge on any atom is -0.465 e. The highest BCUT2D eigenvalue weighted by molar-refractivity contribution is 6.06. The number of aryl methyl sites for hydroxylation is 2. The van der Waals surface area contributed by atoms with Gasteiger partial charge in [-0.1, -0.05) is 69.7 Å². The minimum atomic E-state index is -1.39. The molecule has 4 aliphatic rings. The third kappa shape index (κ3) is 4.54. The molecule has 0 bridgehead atoms. The molecule has 2 amide bonds. The van der Waals surface area contributed by atoms with E-state index >= 15 is 0 Å². The maximum Gasteiger partial charge on any atom is 0.313 e. The standard InChI is InChI=1S/C33H44N2O6/c1-6-21(3)24(20-36)35-28-30(38)34(27-22(4)14-12-15-23(27)5)18-13-17-33(28)25(29(35)37)26-31(39)40-19-11-9-8-10-16-32(26,7-2)41-33/h10,12-17,21,24-26,28,36H,6-9,11,18-20H2,1-5H3/b16-10-/t21-,24-,25-,26-,28?,32+,33-/m0/s1. The van der Waals surface area contributed by atoms with E-state index < -0.39 is 41.1 Å². The number of allylic oxidation sites excluding steroid dienone is 1. The van der Waals surface area contributed by atoms with Crippen molar-refractivity contribution in [2.75, 3.05) is 24.7 Å². The lowest BCUT2D eigenvalue weighted by Gasteiger charge is -2.42. The number of nitrogens with zero attached hydrogens (tertiary/aromatic N) is 2. The molecule has 4 aliphatic heterocycles. The molecule has 1 unspecified atom stereocenters. The summed E-state index contributed by atoms with van der Waals surface area (Å²) in [6, 6.07) is 4.25. The number of fused-ring (bicyclic) bond motifs is 2. The van der Waals surface area contributed by atoms with Crippen LogP contribution in [-0.2, 0) is 23.9 Å². The number of aliphatic hydroxyl groups excluding tert-OH is 1. The number of hydrogen-bond donors (Lipinski definition) is 1. The summed E-state index contributed by atoms with van der Waals surface area (Å²) in [6.07, 6.45) is 11.3. The van der Waals surface area contributed by atoms with Crippen molar-refractivity contribution in [2.24, 2.45) is 17.8 Å². The second kappa shape index (κ2) is 11.4. The van der Waals surface area contributed by atoms with E-state index in [1.54, 1.807) is 9.80 Å². The lowest BCUT2D eigenvalue weighted by atomic mass is 9.73. The van der Waals surface area contributed by atoms with Crippen molar-refractivity contribution in [3.63, 3.8) is 0 Å². The van der Waals surface area contributed by atoms with Crippen molar-refractivity contribution in [1.82, 2.24) is 4.90 Å². The van der Waals surface area contributed by atoms with Gasteiger partial charge in [-0.3, -0.25) is 14.4 Å². The monoisotopic (exact) mass is 564 g/mol. The lowest BCUT2D eigenvalue weighted by molar-refractivity contribution is -0.162. The molecule has 1 aromatic carbocycles. The fraction of sp³-hybridized carbons (Fsp3) is 0.606. The van der Waals surface area contributed by atoms with Crippen molar-refractivity contribution in [3.8, 4) is 0 Å². The topological polar surface area (TPSA) is 96.4 Å². The molecule has 8 heteroatoms. The number of anilines is 1. The lowest BCUT2D eigenvalue weighted by Crippen LogP contribution is -2.60. The van der Waals surface area contributed by atoms with Gasteiger partial charge in [0.25, 0.3) is 5.91 Å². The Labute approximate surface area is 243 Å². The predicted molar refractivity (Wildman–Crippen MR) is 156 cm³/mol. The fourth-order valence-corrected chi connectivity index (χ4v) is 7.58. The van der Waals surface area contributed by atoms with Gasteiger partial charge in [-0.25, -0.2) is 0 Å². The second-order valence-electron chi connectivity index (χ2n) is 12.2. The number of likely N-dealkylation sites (tertiary alicyclic amines) is 1. The van der Waals surface area contributed by atoms with Crippen LogP contribution in [0.2, 0.25) is 0 Å². The maximum absolute atomic E-state index is 14.9. The van der Waals surface area contributed by atoms with Gasteiger partial charge < -0.3 is 24.4 Å². The van der Waals surface area contributed by atoms with Gasteiger partial charge in [0.1, 0.15) is 23.2 Å². The van der Waals surface area contributed by atoms with E-state index in [0.29, 0.717) is 19.4 Å². The molecular formula is C33H44N2O6. The Morgan fingerprint density at radius 3 is 2.41 bits per heavy atom. The molecule has 2 saturated heterocycles. The second-order valence-corrected chi connectivity index (χ2v) is 12.2. The third-order valence-corrected chi connectivity index (χ3v) is 9.88. The van der Waals surface area contributed by atoms with Gasteiger partial charge in [0.05, 0.1) is 25.2 Å². The normalized spacial score (nSPS) is 33.9. The molecule has 7 atom stereocenters. The number of carbonyl (C=O) groups excluding carboxylic acids is 3. The summed E-state index contributed by atoms with van der Waals surface area (Å²) in [5, 5.41) is 10.6. The van der Waals surface area contributed by atoms with Crippen LogP contribution in [-0.4, -0.2) is 70.8 Å². The summed E-state index contributed by atoms with van der Waals surface area (Å²) < 4.78 is 12.8. The van der Waals surface area contributed by atoms with Crippen LogP contribution in [0.3, 0.4) is 0 Å². The molecule has 0 aromatic heterocycles. The first-order valence-electron chi connectivity index (χ1n) is 15.2. The maximum atomic E-state index is 14.9. The summed E-state index contributed by atoms with van der Waals surface area (Å²) in [4.78, 5) is 46.7. The number of aliphatic hydroxyl groups is 1. The number of benzene rings is 1. The molecule has 5 rings (SSSR count). The van der Waals surface area contributed by atoms with E-state index in [2.05, 4.69) is 0 Å². The highest BCUT2D eigenvalue weighted by Crippen LogP contribution is 2.59. The Morgan fingerprint density at radius 2 is 1.76 bits per heavy atom. The van der Waals surface area contributed by atoms with Crippen LogP contribution < -0.4 is 4.90 Å². The Bertz CT molecular complexity index is 1240. The third-order valence-electron chi connectivity index (χ3n) is 9.88. The number of ether oxygens (including phenoxy) is 2. The largest absolute Gasteiger partial charge is 0.465 e. The van der Waals surface area contributed by atoms with Crippen LogP contribution >= 0.6 is 0 Å². The Kier molecular flexibility index (Phi) is 8.18. The van der Waals surface area contributed by atoms with Crippen LogP contribution in [0.25, 0.3) is 0 Å². The SMILES string of the molecule is CC[C@H](C)[C@H](CO)N1C(=O)[C@@H]2[C@H]3C(=O)OCCCC/C=C\[C@@]3(CC)O[C@@]23C=CCN(c2c(C)cccc2C)C(=O)C13. The zero-order valence-electron chi connectivity index (χ0n) is 25.0. The first-order chi connectivity index (χ1) is 19.7. The molecule has 2 fully saturated rings. The number of cyclic esters (lactones) is 1. The summed E-state index contributed by atoms with van der Waals surface area (Å²) in [5.41, 5.74) is 0.226. The van der Waals surface area contributed by atoms with Crippen molar-refractivity contribution in [2.45, 2.75) is 90.0 Å². The van der Waals surface area contributed by atoms with Crippen molar-refractivity contribution in [3.05, 3.63) is 53.6 Å². The van der Waals surface area contributed by atoms with Crippen LogP contribution in [0.5, 0.6) is 0 Å². The van der Waals surface area contributed by atoms with Crippen molar-refractivity contribution >= 4 is 23.5 Å². The first kappa shape index (κ1) is 29.5. The van der Waals surface area contributed by atoms with Gasteiger partial charge in [-0.15, -0.1) is 0 Å². The number of amides is 2. The van der Waals surface area contributed by atoms with E-state index in [4.69, 9.17) is 9.47 Å². The van der Waals surface area contributed by atoms with Crippen LogP contribution in [0.1, 0.15) is 64.0 Å². The van der Waals surface area contributed by atoms with E-state index in [1.165, 1.54) is 0 Å². The molecule has 222 valence electrons. The molecule has 0 saturated carbocycles. The summed E-state index contributed by atoms with van der Waals surface area (Å²) in [6.45, 7) is 10.2. The quantitative estimate of drug-likeness (QED) is 0.410. The smallest absolute Gasteiger partial charge is 0.313 e. The Balaban J connectivity index is 1.73. The molecular weight excluding hydrogens is 520 g/mol. The van der Waals surface area contributed by atoms with Crippen LogP contribution in [0, 0.1) is 31.6 Å². The minimum absolute atomic E-state index is 0.0830. The van der Waals surface area contributed by atoms with Crippen molar-refractivity contribution < 1.29 is 29.0 Å². The van der Waals surface area contributed by atoms with Gasteiger partial charge in [-0.2, -0.15) is 0 Å². The van der Waals surface area contributed by atoms with E-state index in [0.717, 1.165) is 36.1 Å². The summed E-state index contributed by atoms with van der Waals surface area (Å²) in [5.74, 6) is -3.02. The zero-order valence-corrected chi connectivity index (χ0v) is 25.0. The van der Waals surface area contributed by atoms with E-state index in [9.17, 15) is 19.5 Å². The molecule has 0 aliphatic carbocycles. The molecule has 4 heterocycles. The van der Waals surface area contributed by atoms with Gasteiger partial charge in [0.15, 0.2) is 0 Å². The van der Waals surface area contributed by atoms with Gasteiger partial charge in [0, 0.05) is 12.2 Å². The fourth-order valence-electron chi connectivity index (χ4n) is 7.58. The number of carbonyl (C=O) groups is 3. The summed E-state index contributed by atoms with van der Waals surface area (Å²) in [7, 11) is 0. The number of rotatable bonds is 6. The van der Waals surface area contributed by atoms with Gasteiger partial charge in [-0.05, 0) is 56.6 Å². The number of para-hydroxylation sites is 1. The molecule has 1 aromatic rings. The van der Waals surface area contributed by atoms with Gasteiger partial charge >= 0.3 is 5.97 Å². The average molecular weight is 565 g/mol. The molecule has 1 spiro atoms. The Hall–Kier alpha value is -2.97. The molecule has 1 N–H and O–H groups in total. The Morgan fingerprint density at radius 1 is 1.02 bits per heavy atom. The van der Waals surface area contributed by atoms with Gasteiger partial charge in [0.2, 0.25) is 5.91 Å². The van der Waals surface area contributed by atoms with Crippen molar-refractivity contribution in [1.29, 1.82) is 0 Å². The number of hydrogen-bond acceptors (Lipinski definition) is 6.